The van der Waals surface area contributed by atoms with E-state index < -0.39 is 0 Å². The number of aromatic nitrogens is 2. The Morgan fingerprint density at radius 2 is 1.93 bits per heavy atom. The Kier molecular flexibility index (Phi) is 6.99. The molecule has 1 N–H and O–H groups in total. The van der Waals surface area contributed by atoms with Crippen LogP contribution in [-0.4, -0.2) is 77.8 Å². The van der Waals surface area contributed by atoms with E-state index in [-0.39, 0.29) is 17.7 Å². The lowest BCUT2D eigenvalue weighted by atomic mass is 10.0. The van der Waals surface area contributed by atoms with Crippen LogP contribution < -0.4 is 5.32 Å². The summed E-state index contributed by atoms with van der Waals surface area (Å²) in [5.41, 5.74) is 1.98. The largest absolute Gasteiger partial charge is 0.373 e. The summed E-state index contributed by atoms with van der Waals surface area (Å²) in [6.45, 7) is 2.00. The molecule has 1 aromatic heterocycles. The van der Waals surface area contributed by atoms with Gasteiger partial charge in [-0.2, -0.15) is 0 Å². The predicted molar refractivity (Wildman–Crippen MR) is 116 cm³/mol. The molecule has 0 bridgehead atoms. The number of likely N-dealkylation sites (tertiary alicyclic amines) is 1. The van der Waals surface area contributed by atoms with Crippen LogP contribution in [0.4, 0.5) is 5.82 Å². The predicted octanol–water partition coefficient (Wildman–Crippen LogP) is 1.55. The first-order valence-electron chi connectivity index (χ1n) is 10.1. The molecule has 2 aromatic rings. The lowest BCUT2D eigenvalue weighted by Gasteiger charge is -2.20. The molecule has 1 atom stereocenters. The minimum Gasteiger partial charge on any atom is -0.373 e. The SMILES string of the molecule is CNc1cc([C@@H]2CC(=O)N(Cc3ccccc3)C2)nc(CN(C)CC(=O)N(C)C)n1. The van der Waals surface area contributed by atoms with Crippen LogP contribution in [0, 0.1) is 0 Å². The van der Waals surface area contributed by atoms with E-state index in [1.165, 1.54) is 0 Å². The van der Waals surface area contributed by atoms with E-state index in [4.69, 9.17) is 4.98 Å². The van der Waals surface area contributed by atoms with Crippen LogP contribution in [0.2, 0.25) is 0 Å². The average Bonchev–Trinajstić information content (AvgIpc) is 3.08. The fraction of sp³-hybridized carbons (Fsp3) is 0.455. The van der Waals surface area contributed by atoms with E-state index in [1.54, 1.807) is 19.0 Å². The van der Waals surface area contributed by atoms with E-state index in [0.29, 0.717) is 38.4 Å². The molecule has 0 aliphatic carbocycles. The quantitative estimate of drug-likeness (QED) is 0.711. The number of carbonyl (C=O) groups excluding carboxylic acids is 2. The van der Waals surface area contributed by atoms with Crippen molar-refractivity contribution in [2.24, 2.45) is 0 Å². The highest BCUT2D eigenvalue weighted by Gasteiger charge is 2.32. The van der Waals surface area contributed by atoms with Crippen molar-refractivity contribution in [3.05, 3.63) is 53.5 Å². The van der Waals surface area contributed by atoms with Gasteiger partial charge in [0.05, 0.1) is 18.8 Å². The monoisotopic (exact) mass is 410 g/mol. The van der Waals surface area contributed by atoms with Gasteiger partial charge in [-0.25, -0.2) is 9.97 Å². The summed E-state index contributed by atoms with van der Waals surface area (Å²) in [5, 5.41) is 3.08. The molecule has 1 aliphatic heterocycles. The summed E-state index contributed by atoms with van der Waals surface area (Å²) < 4.78 is 0. The molecule has 160 valence electrons. The highest BCUT2D eigenvalue weighted by atomic mass is 16.2. The van der Waals surface area contributed by atoms with Gasteiger partial charge in [-0.05, 0) is 12.6 Å². The van der Waals surface area contributed by atoms with Crippen molar-refractivity contribution in [3.63, 3.8) is 0 Å². The molecule has 0 saturated carbocycles. The molecule has 30 heavy (non-hydrogen) atoms. The number of likely N-dealkylation sites (N-methyl/N-ethyl adjacent to an activating group) is 2. The molecule has 1 aliphatic rings. The van der Waals surface area contributed by atoms with Crippen LogP contribution in [-0.2, 0) is 22.7 Å². The summed E-state index contributed by atoms with van der Waals surface area (Å²) in [7, 11) is 7.17. The molecule has 8 nitrogen and oxygen atoms in total. The molecule has 1 saturated heterocycles. The number of nitrogens with zero attached hydrogens (tertiary/aromatic N) is 5. The number of rotatable bonds is 8. The Labute approximate surface area is 177 Å². The van der Waals surface area contributed by atoms with E-state index in [2.05, 4.69) is 10.3 Å². The third-order valence-electron chi connectivity index (χ3n) is 5.21. The van der Waals surface area contributed by atoms with Gasteiger partial charge >= 0.3 is 0 Å². The van der Waals surface area contributed by atoms with Crippen molar-refractivity contribution < 1.29 is 9.59 Å². The molecule has 0 radical (unpaired) electrons. The van der Waals surface area contributed by atoms with Crippen LogP contribution in [0.15, 0.2) is 36.4 Å². The number of benzene rings is 1. The van der Waals surface area contributed by atoms with Gasteiger partial charge in [0.2, 0.25) is 11.8 Å². The van der Waals surface area contributed by atoms with Crippen molar-refractivity contribution in [2.75, 3.05) is 46.6 Å². The minimum atomic E-state index is 0.0282. The Balaban J connectivity index is 1.71. The van der Waals surface area contributed by atoms with Crippen LogP contribution in [0.5, 0.6) is 0 Å². The topological polar surface area (TPSA) is 81.7 Å². The fourth-order valence-electron chi connectivity index (χ4n) is 3.52. The standard InChI is InChI=1S/C22H30N6O2/c1-23-19-11-18(24-20(25-19)14-27(4)15-22(30)26(2)3)17-10-21(29)28(13-17)12-16-8-6-5-7-9-16/h5-9,11,17H,10,12-15H2,1-4H3,(H,23,24,25)/t17-/m1/s1. The van der Waals surface area contributed by atoms with Crippen LogP contribution in [0.3, 0.4) is 0 Å². The molecule has 0 spiro atoms. The smallest absolute Gasteiger partial charge is 0.236 e. The Morgan fingerprint density at radius 3 is 2.60 bits per heavy atom. The van der Waals surface area contributed by atoms with Crippen LogP contribution in [0.25, 0.3) is 0 Å². The molecule has 8 heteroatoms. The molecule has 1 aromatic carbocycles. The van der Waals surface area contributed by atoms with Crippen molar-refractivity contribution in [1.29, 1.82) is 0 Å². The normalized spacial score (nSPS) is 16.2. The molecule has 0 unspecified atom stereocenters. The number of hydrogen-bond donors (Lipinski definition) is 1. The van der Waals surface area contributed by atoms with Crippen molar-refractivity contribution in [2.45, 2.75) is 25.4 Å². The first kappa shape index (κ1) is 21.7. The summed E-state index contributed by atoms with van der Waals surface area (Å²) in [4.78, 5) is 39.2. The number of hydrogen-bond acceptors (Lipinski definition) is 6. The third-order valence-corrected chi connectivity index (χ3v) is 5.21. The van der Waals surface area contributed by atoms with E-state index in [1.807, 2.05) is 60.3 Å². The second-order valence-electron chi connectivity index (χ2n) is 7.97. The lowest BCUT2D eigenvalue weighted by Crippen LogP contribution is -2.34. The van der Waals surface area contributed by atoms with Crippen LogP contribution in [0.1, 0.15) is 29.4 Å². The molecule has 1 fully saturated rings. The van der Waals surface area contributed by atoms with E-state index in [0.717, 1.165) is 17.1 Å². The lowest BCUT2D eigenvalue weighted by molar-refractivity contribution is -0.130. The second-order valence-corrected chi connectivity index (χ2v) is 7.97. The molecule has 2 heterocycles. The number of nitrogens with one attached hydrogen (secondary N) is 1. The van der Waals surface area contributed by atoms with Gasteiger partial charge in [0.15, 0.2) is 0 Å². The Bertz CT molecular complexity index is 886. The van der Waals surface area contributed by atoms with E-state index >= 15 is 0 Å². The maximum atomic E-state index is 12.6. The zero-order chi connectivity index (χ0) is 21.7. The van der Waals surface area contributed by atoms with Gasteiger partial charge in [-0.3, -0.25) is 14.5 Å². The summed E-state index contributed by atoms with van der Waals surface area (Å²) in [5.74, 6) is 1.56. The maximum absolute atomic E-state index is 12.6. The number of carbonyl (C=O) groups is 2. The van der Waals surface area contributed by atoms with Crippen LogP contribution >= 0.6 is 0 Å². The summed E-state index contributed by atoms with van der Waals surface area (Å²) in [6.07, 6.45) is 0.446. The number of amides is 2. The summed E-state index contributed by atoms with van der Waals surface area (Å²) in [6, 6.07) is 11.9. The fourth-order valence-corrected chi connectivity index (χ4v) is 3.52. The average molecular weight is 411 g/mol. The summed E-state index contributed by atoms with van der Waals surface area (Å²) >= 11 is 0. The van der Waals surface area contributed by atoms with E-state index in [9.17, 15) is 9.59 Å². The minimum absolute atomic E-state index is 0.0282. The first-order valence-corrected chi connectivity index (χ1v) is 10.1. The zero-order valence-corrected chi connectivity index (χ0v) is 18.1. The van der Waals surface area contributed by atoms with Crippen molar-refractivity contribution in [3.8, 4) is 0 Å². The van der Waals surface area contributed by atoms with Gasteiger partial charge < -0.3 is 15.1 Å². The van der Waals surface area contributed by atoms with Crippen molar-refractivity contribution >= 4 is 17.6 Å². The van der Waals surface area contributed by atoms with Gasteiger partial charge in [-0.1, -0.05) is 30.3 Å². The van der Waals surface area contributed by atoms with Gasteiger partial charge in [0, 0.05) is 52.6 Å². The Hall–Kier alpha value is -3.00. The molecular weight excluding hydrogens is 380 g/mol. The number of anilines is 1. The highest BCUT2D eigenvalue weighted by molar-refractivity contribution is 5.79. The first-order chi connectivity index (χ1) is 14.4. The maximum Gasteiger partial charge on any atom is 0.236 e. The Morgan fingerprint density at radius 1 is 1.20 bits per heavy atom. The molecule has 2 amide bonds. The highest BCUT2D eigenvalue weighted by Crippen LogP contribution is 2.29. The second kappa shape index (κ2) is 9.67. The van der Waals surface area contributed by atoms with Gasteiger partial charge in [0.1, 0.15) is 11.6 Å². The molecule has 3 rings (SSSR count). The molecular formula is C22H30N6O2. The van der Waals surface area contributed by atoms with Gasteiger partial charge in [0.25, 0.3) is 0 Å². The van der Waals surface area contributed by atoms with Crippen molar-refractivity contribution in [1.82, 2.24) is 24.7 Å². The van der Waals surface area contributed by atoms with Gasteiger partial charge in [-0.15, -0.1) is 0 Å². The third kappa shape index (κ3) is 5.54. The zero-order valence-electron chi connectivity index (χ0n) is 18.1.